The van der Waals surface area contributed by atoms with Gasteiger partial charge in [0.25, 0.3) is 11.5 Å². The minimum Gasteiger partial charge on any atom is -0.367 e. The van der Waals surface area contributed by atoms with Crippen molar-refractivity contribution >= 4 is 44.3 Å². The average Bonchev–Trinajstić information content (AvgIpc) is 3.39. The van der Waals surface area contributed by atoms with Crippen molar-refractivity contribution < 1.29 is 4.79 Å². The van der Waals surface area contributed by atoms with E-state index < -0.39 is 0 Å². The summed E-state index contributed by atoms with van der Waals surface area (Å²) in [6.45, 7) is 6.48. The molecule has 5 aromatic rings. The number of amides is 1. The van der Waals surface area contributed by atoms with Gasteiger partial charge in [0.15, 0.2) is 0 Å². The molecule has 9 heteroatoms. The number of nitrogens with one attached hydrogen (secondary N) is 3. The van der Waals surface area contributed by atoms with E-state index in [2.05, 4.69) is 54.6 Å². The van der Waals surface area contributed by atoms with Crippen molar-refractivity contribution in [2.45, 2.75) is 13.5 Å². The molecular weight excluding hydrogens is 454 g/mol. The Morgan fingerprint density at radius 3 is 2.69 bits per heavy atom. The van der Waals surface area contributed by atoms with Crippen LogP contribution in [0.5, 0.6) is 0 Å². The number of aromatic nitrogens is 4. The van der Waals surface area contributed by atoms with E-state index in [-0.39, 0.29) is 11.5 Å². The number of hydrogen-bond donors (Lipinski definition) is 3. The Labute approximate surface area is 207 Å². The highest BCUT2D eigenvalue weighted by atomic mass is 16.1. The molecule has 3 N–H and O–H groups in total. The standard InChI is InChI=1S/C27H27N7O2/c1-16-24(13-19-12-18(26(35)28-2)4-6-22(19)30-16)34-9-7-33(8-10-34)15-17-3-5-20-23(11-17)31-27(36)21-14-29-32-25(20)21/h3-6,11-14H,7-10,15H2,1-2H3,(H,28,35)(H,29,32)(H,31,36). The van der Waals surface area contributed by atoms with Crippen LogP contribution in [0.2, 0.25) is 0 Å². The molecule has 4 heterocycles. The minimum absolute atomic E-state index is 0.0978. The number of rotatable bonds is 4. The molecule has 3 aromatic heterocycles. The summed E-state index contributed by atoms with van der Waals surface area (Å²) in [6, 6.07) is 14.0. The van der Waals surface area contributed by atoms with Gasteiger partial charge in [-0.15, -0.1) is 0 Å². The van der Waals surface area contributed by atoms with Crippen molar-refractivity contribution in [3.63, 3.8) is 0 Å². The van der Waals surface area contributed by atoms with Crippen molar-refractivity contribution in [1.82, 2.24) is 30.4 Å². The van der Waals surface area contributed by atoms with E-state index in [4.69, 9.17) is 4.98 Å². The zero-order valence-corrected chi connectivity index (χ0v) is 20.3. The second-order valence-corrected chi connectivity index (χ2v) is 9.34. The maximum atomic E-state index is 12.3. The van der Waals surface area contributed by atoms with E-state index in [0.717, 1.165) is 77.0 Å². The fourth-order valence-electron chi connectivity index (χ4n) is 5.14. The Morgan fingerprint density at radius 2 is 1.89 bits per heavy atom. The highest BCUT2D eigenvalue weighted by Crippen LogP contribution is 2.27. The number of nitrogens with zero attached hydrogens (tertiary/aromatic N) is 4. The van der Waals surface area contributed by atoms with Crippen LogP contribution in [-0.4, -0.2) is 64.2 Å². The van der Waals surface area contributed by atoms with E-state index in [1.54, 1.807) is 13.2 Å². The van der Waals surface area contributed by atoms with Gasteiger partial charge >= 0.3 is 0 Å². The molecule has 0 spiro atoms. The molecule has 1 fully saturated rings. The highest BCUT2D eigenvalue weighted by molar-refractivity contribution is 6.02. The Kier molecular flexibility index (Phi) is 5.41. The number of carbonyl (C=O) groups excluding carboxylic acids is 1. The van der Waals surface area contributed by atoms with Crippen LogP contribution < -0.4 is 15.8 Å². The van der Waals surface area contributed by atoms with Crippen LogP contribution in [0.15, 0.2) is 53.5 Å². The predicted molar refractivity (Wildman–Crippen MR) is 142 cm³/mol. The topological polar surface area (TPSA) is 110 Å². The van der Waals surface area contributed by atoms with Gasteiger partial charge in [-0.1, -0.05) is 12.1 Å². The third-order valence-corrected chi connectivity index (χ3v) is 7.07. The molecule has 0 atom stereocenters. The third-order valence-electron chi connectivity index (χ3n) is 7.07. The Bertz CT molecular complexity index is 1680. The molecule has 0 aliphatic carbocycles. The van der Waals surface area contributed by atoms with Crippen molar-refractivity contribution in [1.29, 1.82) is 0 Å². The van der Waals surface area contributed by atoms with Crippen LogP contribution in [0.3, 0.4) is 0 Å². The molecule has 1 aliphatic heterocycles. The lowest BCUT2D eigenvalue weighted by molar-refractivity contribution is 0.0963. The summed E-state index contributed by atoms with van der Waals surface area (Å²) in [4.78, 5) is 37.0. The maximum absolute atomic E-state index is 12.3. The van der Waals surface area contributed by atoms with Gasteiger partial charge in [0, 0.05) is 56.1 Å². The molecule has 182 valence electrons. The van der Waals surface area contributed by atoms with Gasteiger partial charge in [0.05, 0.1) is 39.5 Å². The molecule has 1 aliphatic rings. The van der Waals surface area contributed by atoms with Crippen molar-refractivity contribution in [2.75, 3.05) is 38.1 Å². The number of aromatic amines is 2. The van der Waals surface area contributed by atoms with Crippen LogP contribution >= 0.6 is 0 Å². The Morgan fingerprint density at radius 1 is 1.06 bits per heavy atom. The van der Waals surface area contributed by atoms with Crippen molar-refractivity contribution in [3.05, 3.63) is 75.8 Å². The number of carbonyl (C=O) groups is 1. The largest absolute Gasteiger partial charge is 0.367 e. The molecule has 36 heavy (non-hydrogen) atoms. The Hall–Kier alpha value is -4.24. The summed E-state index contributed by atoms with van der Waals surface area (Å²) in [5.41, 5.74) is 6.27. The first kappa shape index (κ1) is 22.2. The number of hydrogen-bond acceptors (Lipinski definition) is 6. The number of piperazine rings is 1. The lowest BCUT2D eigenvalue weighted by atomic mass is 10.1. The second-order valence-electron chi connectivity index (χ2n) is 9.34. The molecule has 1 amide bonds. The number of pyridine rings is 2. The van der Waals surface area contributed by atoms with Gasteiger partial charge in [-0.2, -0.15) is 5.10 Å². The van der Waals surface area contributed by atoms with Crippen LogP contribution in [0.1, 0.15) is 21.6 Å². The number of fused-ring (bicyclic) bond motifs is 4. The molecule has 0 unspecified atom stereocenters. The summed E-state index contributed by atoms with van der Waals surface area (Å²) >= 11 is 0. The maximum Gasteiger partial charge on any atom is 0.259 e. The second kappa shape index (κ2) is 8.76. The number of anilines is 1. The van der Waals surface area contributed by atoms with Gasteiger partial charge in [-0.25, -0.2) is 0 Å². The zero-order chi connectivity index (χ0) is 24.8. The van der Waals surface area contributed by atoms with Crippen LogP contribution in [-0.2, 0) is 6.54 Å². The van der Waals surface area contributed by atoms with Crippen LogP contribution in [0.4, 0.5) is 5.69 Å². The first-order chi connectivity index (χ1) is 17.5. The minimum atomic E-state index is -0.126. The third kappa shape index (κ3) is 3.87. The molecule has 0 bridgehead atoms. The van der Waals surface area contributed by atoms with E-state index in [1.807, 2.05) is 25.1 Å². The van der Waals surface area contributed by atoms with E-state index >= 15 is 0 Å². The first-order valence-corrected chi connectivity index (χ1v) is 12.1. The quantitative estimate of drug-likeness (QED) is 0.364. The summed E-state index contributed by atoms with van der Waals surface area (Å²) in [7, 11) is 1.64. The normalized spacial score (nSPS) is 14.7. The molecule has 0 radical (unpaired) electrons. The van der Waals surface area contributed by atoms with Gasteiger partial charge in [0.1, 0.15) is 0 Å². The zero-order valence-electron chi connectivity index (χ0n) is 20.3. The molecular formula is C27H27N7O2. The van der Waals surface area contributed by atoms with Gasteiger partial charge in [-0.3, -0.25) is 24.6 Å². The predicted octanol–water partition coefficient (Wildman–Crippen LogP) is 2.94. The smallest absolute Gasteiger partial charge is 0.259 e. The average molecular weight is 482 g/mol. The lowest BCUT2D eigenvalue weighted by Crippen LogP contribution is -2.46. The first-order valence-electron chi connectivity index (χ1n) is 12.1. The van der Waals surface area contributed by atoms with Crippen LogP contribution in [0.25, 0.3) is 32.7 Å². The fraction of sp³-hybridized carbons (Fsp3) is 0.259. The molecule has 6 rings (SSSR count). The summed E-state index contributed by atoms with van der Waals surface area (Å²) in [6.07, 6.45) is 1.56. The van der Waals surface area contributed by atoms with Gasteiger partial charge < -0.3 is 15.2 Å². The Balaban J connectivity index is 1.19. The molecule has 1 saturated heterocycles. The molecule has 9 nitrogen and oxygen atoms in total. The van der Waals surface area contributed by atoms with E-state index in [0.29, 0.717) is 10.9 Å². The number of aryl methyl sites for hydroxylation is 1. The fourth-order valence-corrected chi connectivity index (χ4v) is 5.14. The number of H-pyrrole nitrogens is 2. The summed E-state index contributed by atoms with van der Waals surface area (Å²) in [5.74, 6) is -0.0978. The highest BCUT2D eigenvalue weighted by Gasteiger charge is 2.20. The number of benzene rings is 2. The summed E-state index contributed by atoms with van der Waals surface area (Å²) in [5, 5.41) is 12.2. The summed E-state index contributed by atoms with van der Waals surface area (Å²) < 4.78 is 0. The van der Waals surface area contributed by atoms with E-state index in [9.17, 15) is 9.59 Å². The lowest BCUT2D eigenvalue weighted by Gasteiger charge is -2.36. The monoisotopic (exact) mass is 481 g/mol. The van der Waals surface area contributed by atoms with E-state index in [1.165, 1.54) is 0 Å². The van der Waals surface area contributed by atoms with Crippen molar-refractivity contribution in [2.24, 2.45) is 0 Å². The molecule has 0 saturated carbocycles. The van der Waals surface area contributed by atoms with Crippen LogP contribution in [0, 0.1) is 6.92 Å². The SMILES string of the molecule is CNC(=O)c1ccc2nc(C)c(N3CCN(Cc4ccc5c(c4)[nH]c(=O)c4cn[nH]c45)CC3)cc2c1. The van der Waals surface area contributed by atoms with Crippen molar-refractivity contribution in [3.8, 4) is 0 Å². The van der Waals surface area contributed by atoms with Gasteiger partial charge in [-0.05, 0) is 42.8 Å². The molecule has 2 aromatic carbocycles. The van der Waals surface area contributed by atoms with Gasteiger partial charge in [0.2, 0.25) is 0 Å².